The Bertz CT molecular complexity index is 1350. The van der Waals surface area contributed by atoms with Crippen LogP contribution in [0.4, 0.5) is 17.6 Å². The van der Waals surface area contributed by atoms with Crippen LogP contribution in [0.15, 0.2) is 27.8 Å². The fourth-order valence-corrected chi connectivity index (χ4v) is 4.33. The number of benzene rings is 1. The number of carbonyl (C=O) groups excluding carboxylic acids is 1. The smallest absolute Gasteiger partial charge is 0.292 e. The zero-order valence-corrected chi connectivity index (χ0v) is 20.1. The van der Waals surface area contributed by atoms with Gasteiger partial charge in [0, 0.05) is 31.2 Å². The van der Waals surface area contributed by atoms with E-state index in [0.717, 1.165) is 17.4 Å². The summed E-state index contributed by atoms with van der Waals surface area (Å²) < 4.78 is 81.5. The average molecular weight is 529 g/mol. The van der Waals surface area contributed by atoms with Crippen LogP contribution in [-0.4, -0.2) is 40.9 Å². The number of hydrogen-bond acceptors (Lipinski definition) is 5. The highest BCUT2D eigenvalue weighted by Crippen LogP contribution is 2.30. The van der Waals surface area contributed by atoms with Crippen molar-refractivity contribution in [1.29, 1.82) is 0 Å². The van der Waals surface area contributed by atoms with Gasteiger partial charge in [-0.25, -0.2) is 18.5 Å². The van der Waals surface area contributed by atoms with Crippen molar-refractivity contribution in [1.82, 2.24) is 18.2 Å². The van der Waals surface area contributed by atoms with E-state index in [2.05, 4.69) is 0 Å². The van der Waals surface area contributed by atoms with E-state index in [1.165, 1.54) is 14.0 Å². The molecule has 34 heavy (non-hydrogen) atoms. The summed E-state index contributed by atoms with van der Waals surface area (Å²) in [5, 5.41) is -0.338. The van der Waals surface area contributed by atoms with Crippen molar-refractivity contribution in [2.24, 2.45) is 7.05 Å². The first-order valence-electron chi connectivity index (χ1n) is 9.59. The van der Waals surface area contributed by atoms with Crippen LogP contribution in [-0.2, 0) is 28.2 Å². The van der Waals surface area contributed by atoms with Crippen LogP contribution in [0.3, 0.4) is 0 Å². The van der Waals surface area contributed by atoms with Gasteiger partial charge in [-0.05, 0) is 38.5 Å². The van der Waals surface area contributed by atoms with Gasteiger partial charge < -0.3 is 0 Å². The fraction of sp³-hybridized carbons (Fsp3) is 0.421. The molecule has 188 valence electrons. The van der Waals surface area contributed by atoms with Gasteiger partial charge in [-0.3, -0.25) is 14.2 Å². The Morgan fingerprint density at radius 2 is 1.71 bits per heavy atom. The van der Waals surface area contributed by atoms with Crippen molar-refractivity contribution >= 4 is 27.7 Å². The average Bonchev–Trinajstić information content (AvgIpc) is 2.69. The number of alkyl halides is 3. The van der Waals surface area contributed by atoms with Gasteiger partial charge in [0.25, 0.3) is 5.56 Å². The second kappa shape index (κ2) is 9.50. The highest BCUT2D eigenvalue weighted by molar-refractivity contribution is 7.87. The molecule has 0 aliphatic carbocycles. The SMILES string of the molecule is CC(C(=O)NS(=O)(=O)N(C)C(C)C)c1cc(-n2c(=O)cc(C(F)(F)F)n(C)c2=O)c(F)cc1Cl. The van der Waals surface area contributed by atoms with Gasteiger partial charge in [-0.1, -0.05) is 11.6 Å². The van der Waals surface area contributed by atoms with E-state index in [9.17, 15) is 40.4 Å². The van der Waals surface area contributed by atoms with Crippen molar-refractivity contribution in [3.8, 4) is 5.69 Å². The van der Waals surface area contributed by atoms with Crippen molar-refractivity contribution in [3.05, 3.63) is 61.1 Å². The van der Waals surface area contributed by atoms with Gasteiger partial charge in [0.1, 0.15) is 11.5 Å². The number of nitrogens with one attached hydrogen (secondary N) is 1. The molecule has 1 amide bonds. The summed E-state index contributed by atoms with van der Waals surface area (Å²) in [4.78, 5) is 37.4. The maximum Gasteiger partial charge on any atom is 0.431 e. The Morgan fingerprint density at radius 1 is 1.15 bits per heavy atom. The number of halogens is 5. The molecule has 1 aromatic carbocycles. The van der Waals surface area contributed by atoms with E-state index in [4.69, 9.17) is 11.6 Å². The van der Waals surface area contributed by atoms with Crippen LogP contribution in [0.2, 0.25) is 5.02 Å². The van der Waals surface area contributed by atoms with E-state index >= 15 is 0 Å². The van der Waals surface area contributed by atoms with Crippen LogP contribution in [0.5, 0.6) is 0 Å². The highest BCUT2D eigenvalue weighted by atomic mass is 35.5. The van der Waals surface area contributed by atoms with Crippen molar-refractivity contribution < 1.29 is 30.8 Å². The zero-order valence-electron chi connectivity index (χ0n) is 18.6. The number of amides is 1. The van der Waals surface area contributed by atoms with Gasteiger partial charge in [0.15, 0.2) is 0 Å². The predicted molar refractivity (Wildman–Crippen MR) is 116 cm³/mol. The van der Waals surface area contributed by atoms with Crippen molar-refractivity contribution in [2.45, 2.75) is 38.9 Å². The number of hydrogen-bond donors (Lipinski definition) is 1. The molecular formula is C19H21ClF4N4O5S. The first-order chi connectivity index (χ1) is 15.4. The molecular weight excluding hydrogens is 508 g/mol. The molecule has 9 nitrogen and oxygen atoms in total. The Labute approximate surface area is 196 Å². The van der Waals surface area contributed by atoms with Crippen molar-refractivity contribution in [3.63, 3.8) is 0 Å². The van der Waals surface area contributed by atoms with E-state index in [1.807, 2.05) is 4.72 Å². The van der Waals surface area contributed by atoms with Crippen molar-refractivity contribution in [2.75, 3.05) is 7.05 Å². The topological polar surface area (TPSA) is 110 Å². The first-order valence-corrected chi connectivity index (χ1v) is 11.4. The minimum atomic E-state index is -5.02. The molecule has 0 aliphatic heterocycles. The molecule has 0 radical (unpaired) electrons. The minimum Gasteiger partial charge on any atom is -0.292 e. The lowest BCUT2D eigenvalue weighted by Gasteiger charge is -2.23. The number of rotatable bonds is 6. The third-order valence-corrected chi connectivity index (χ3v) is 7.08. The summed E-state index contributed by atoms with van der Waals surface area (Å²) in [5.74, 6) is -3.61. The molecule has 1 unspecified atom stereocenters. The molecule has 0 bridgehead atoms. The molecule has 2 rings (SSSR count). The Kier molecular flexibility index (Phi) is 7.70. The lowest BCUT2D eigenvalue weighted by atomic mass is 9.99. The Morgan fingerprint density at radius 3 is 2.21 bits per heavy atom. The third kappa shape index (κ3) is 5.33. The summed E-state index contributed by atoms with van der Waals surface area (Å²) in [7, 11) is -2.24. The predicted octanol–water partition coefficient (Wildman–Crippen LogP) is 2.15. The van der Waals surface area contributed by atoms with Crippen LogP contribution in [0, 0.1) is 5.82 Å². The van der Waals surface area contributed by atoms with Crippen LogP contribution in [0.1, 0.15) is 37.9 Å². The number of carbonyl (C=O) groups is 1. The Hall–Kier alpha value is -2.71. The van der Waals surface area contributed by atoms with E-state index in [-0.39, 0.29) is 25.8 Å². The monoisotopic (exact) mass is 528 g/mol. The molecule has 1 N–H and O–H groups in total. The Balaban J connectivity index is 2.62. The summed E-state index contributed by atoms with van der Waals surface area (Å²) in [5.41, 5.74) is -5.45. The lowest BCUT2D eigenvalue weighted by Crippen LogP contribution is -2.45. The quantitative estimate of drug-likeness (QED) is 0.578. The summed E-state index contributed by atoms with van der Waals surface area (Å²) in [6.45, 7) is 4.37. The lowest BCUT2D eigenvalue weighted by molar-refractivity contribution is -0.144. The maximum absolute atomic E-state index is 14.7. The molecule has 0 fully saturated rings. The van der Waals surface area contributed by atoms with Gasteiger partial charge in [-0.2, -0.15) is 25.9 Å². The standard InChI is InChI=1S/C19H21ClF4N4O5S/c1-9(2)27(5)34(32,33)25-17(30)10(3)11-6-14(13(21)7-12(11)20)28-16(29)8-15(19(22,23)24)26(4)18(28)31/h6-10H,1-5H3,(H,25,30). The molecule has 0 spiro atoms. The first kappa shape index (κ1) is 27.5. The fourth-order valence-electron chi connectivity index (χ4n) is 2.88. The van der Waals surface area contributed by atoms with Crippen LogP contribution >= 0.6 is 11.6 Å². The number of nitrogens with zero attached hydrogens (tertiary/aromatic N) is 3. The van der Waals surface area contributed by atoms with Gasteiger partial charge in [0.05, 0.1) is 11.6 Å². The zero-order chi connectivity index (χ0) is 26.3. The van der Waals surface area contributed by atoms with Gasteiger partial charge in [-0.15, -0.1) is 0 Å². The summed E-state index contributed by atoms with van der Waals surface area (Å²) in [6.07, 6.45) is -5.02. The van der Waals surface area contributed by atoms with E-state index in [1.54, 1.807) is 13.8 Å². The van der Waals surface area contributed by atoms with Gasteiger partial charge in [0.2, 0.25) is 5.91 Å². The molecule has 1 atom stereocenters. The molecule has 1 aromatic heterocycles. The maximum atomic E-state index is 14.7. The minimum absolute atomic E-state index is 0.125. The second-order valence-electron chi connectivity index (χ2n) is 7.67. The third-order valence-electron chi connectivity index (χ3n) is 5.11. The van der Waals surface area contributed by atoms with Crippen LogP contribution in [0.25, 0.3) is 5.69 Å². The number of aromatic nitrogens is 2. The molecule has 1 heterocycles. The molecule has 0 saturated heterocycles. The van der Waals surface area contributed by atoms with Gasteiger partial charge >= 0.3 is 22.1 Å². The van der Waals surface area contributed by atoms with E-state index < -0.39 is 62.7 Å². The molecule has 15 heteroatoms. The van der Waals surface area contributed by atoms with E-state index in [0.29, 0.717) is 6.07 Å². The normalized spacial score (nSPS) is 13.4. The summed E-state index contributed by atoms with van der Waals surface area (Å²) in [6, 6.07) is 1.13. The van der Waals surface area contributed by atoms with Crippen LogP contribution < -0.4 is 16.0 Å². The second-order valence-corrected chi connectivity index (χ2v) is 9.81. The largest absolute Gasteiger partial charge is 0.431 e. The molecule has 2 aromatic rings. The highest BCUT2D eigenvalue weighted by Gasteiger charge is 2.35. The molecule has 0 aliphatic rings. The molecule has 0 saturated carbocycles. The summed E-state index contributed by atoms with van der Waals surface area (Å²) >= 11 is 6.01.